The summed E-state index contributed by atoms with van der Waals surface area (Å²) in [6, 6.07) is 0. The van der Waals surface area contributed by atoms with E-state index in [-0.39, 0.29) is 16.8 Å². The van der Waals surface area contributed by atoms with Gasteiger partial charge in [-0.2, -0.15) is 0 Å². The molecular weight excluding hydrogens is 292 g/mol. The van der Waals surface area contributed by atoms with Crippen LogP contribution in [-0.2, 0) is 13.3 Å². The molecule has 4 heteroatoms. The van der Waals surface area contributed by atoms with Gasteiger partial charge in [-0.1, -0.05) is 19.3 Å². The van der Waals surface area contributed by atoms with Crippen molar-refractivity contribution < 1.29 is 13.3 Å². The molecule has 1 aliphatic carbocycles. The highest BCUT2D eigenvalue weighted by atomic mass is 28.4. The monoisotopic (exact) mass is 330 g/mol. The summed E-state index contributed by atoms with van der Waals surface area (Å²) in [6.07, 6.45) is 6.16. The fraction of sp³-hybridized carbons (Fsp3) is 1.00. The van der Waals surface area contributed by atoms with E-state index in [1.807, 2.05) is 0 Å². The van der Waals surface area contributed by atoms with E-state index in [1.165, 1.54) is 19.3 Å². The van der Waals surface area contributed by atoms with Gasteiger partial charge in [-0.15, -0.1) is 0 Å². The van der Waals surface area contributed by atoms with Crippen LogP contribution >= 0.6 is 0 Å². The maximum atomic E-state index is 6.61. The number of hydrogen-bond acceptors (Lipinski definition) is 3. The molecule has 0 aromatic rings. The minimum absolute atomic E-state index is 0.264. The maximum Gasteiger partial charge on any atom is 0.505 e. The maximum absolute atomic E-state index is 6.61. The summed E-state index contributed by atoms with van der Waals surface area (Å²) in [6.45, 7) is 19.0. The van der Waals surface area contributed by atoms with Gasteiger partial charge in [0.2, 0.25) is 0 Å². The van der Waals surface area contributed by atoms with Crippen molar-refractivity contribution in [2.24, 2.45) is 0 Å². The summed E-state index contributed by atoms with van der Waals surface area (Å²) in [5.74, 6) is 0. The second-order valence-corrected chi connectivity index (χ2v) is 12.2. The summed E-state index contributed by atoms with van der Waals surface area (Å²) in [5.41, 5.74) is -0.375. The van der Waals surface area contributed by atoms with Crippen molar-refractivity contribution in [3.8, 4) is 0 Å². The summed E-state index contributed by atoms with van der Waals surface area (Å²) >= 11 is 0. The Labute approximate surface area is 139 Å². The van der Waals surface area contributed by atoms with Crippen molar-refractivity contribution >= 4 is 8.80 Å². The summed E-state index contributed by atoms with van der Waals surface area (Å²) < 4.78 is 19.8. The number of hydrogen-bond donors (Lipinski definition) is 0. The van der Waals surface area contributed by atoms with Gasteiger partial charge in [0.25, 0.3) is 0 Å². The van der Waals surface area contributed by atoms with Crippen molar-refractivity contribution in [1.82, 2.24) is 0 Å². The van der Waals surface area contributed by atoms with E-state index >= 15 is 0 Å². The average molecular weight is 331 g/mol. The molecule has 0 bridgehead atoms. The first-order valence-electron chi connectivity index (χ1n) is 8.83. The quantitative estimate of drug-likeness (QED) is 0.618. The lowest BCUT2D eigenvalue weighted by Gasteiger charge is -2.47. The Bertz CT molecular complexity index is 300. The van der Waals surface area contributed by atoms with E-state index in [4.69, 9.17) is 13.3 Å². The number of rotatable bonds is 4. The molecule has 0 unspecified atom stereocenters. The molecule has 22 heavy (non-hydrogen) atoms. The molecule has 1 saturated carbocycles. The first kappa shape index (κ1) is 20.1. The van der Waals surface area contributed by atoms with Crippen LogP contribution in [0.3, 0.4) is 0 Å². The zero-order valence-corrected chi connectivity index (χ0v) is 17.3. The summed E-state index contributed by atoms with van der Waals surface area (Å²) in [5, 5.41) is 0. The first-order valence-corrected chi connectivity index (χ1v) is 10.6. The molecule has 1 aliphatic rings. The minimum Gasteiger partial charge on any atom is -0.368 e. The van der Waals surface area contributed by atoms with Crippen LogP contribution < -0.4 is 0 Å². The van der Waals surface area contributed by atoms with Crippen molar-refractivity contribution in [3.05, 3.63) is 0 Å². The fourth-order valence-electron chi connectivity index (χ4n) is 3.05. The highest BCUT2D eigenvalue weighted by Gasteiger charge is 2.56. The molecule has 1 rings (SSSR count). The zero-order valence-electron chi connectivity index (χ0n) is 16.3. The first-order chi connectivity index (χ1) is 9.73. The Hall–Kier alpha value is 0.0969. The Morgan fingerprint density at radius 3 is 1.18 bits per heavy atom. The van der Waals surface area contributed by atoms with Gasteiger partial charge in [0.15, 0.2) is 0 Å². The standard InChI is InChI=1S/C18H38O3Si/c1-16(2,3)19-22(20-17(4,5)6,21-18(7,8)9)15-13-11-10-12-14-15/h15H,10-14H2,1-9H3. The van der Waals surface area contributed by atoms with Crippen LogP contribution in [-0.4, -0.2) is 25.6 Å². The molecule has 132 valence electrons. The van der Waals surface area contributed by atoms with Gasteiger partial charge in [0.05, 0.1) is 16.8 Å². The van der Waals surface area contributed by atoms with Gasteiger partial charge in [-0.3, -0.25) is 0 Å². The predicted molar refractivity (Wildman–Crippen MR) is 95.1 cm³/mol. The molecule has 3 nitrogen and oxygen atoms in total. The van der Waals surface area contributed by atoms with Crippen LogP contribution in [0, 0.1) is 0 Å². The highest BCUT2D eigenvalue weighted by molar-refractivity contribution is 6.62. The van der Waals surface area contributed by atoms with Gasteiger partial charge in [0.1, 0.15) is 0 Å². The van der Waals surface area contributed by atoms with E-state index in [2.05, 4.69) is 62.3 Å². The molecule has 0 heterocycles. The van der Waals surface area contributed by atoms with Crippen molar-refractivity contribution in [2.45, 2.75) is 117 Å². The second-order valence-electron chi connectivity index (χ2n) is 9.58. The Morgan fingerprint density at radius 1 is 0.591 bits per heavy atom. The second kappa shape index (κ2) is 6.92. The van der Waals surface area contributed by atoms with E-state index in [1.54, 1.807) is 0 Å². The lowest BCUT2D eigenvalue weighted by molar-refractivity contribution is -0.0833. The van der Waals surface area contributed by atoms with E-state index in [0.29, 0.717) is 5.54 Å². The predicted octanol–water partition coefficient (Wildman–Crippen LogP) is 5.70. The molecule has 0 spiro atoms. The molecule has 1 fully saturated rings. The van der Waals surface area contributed by atoms with Crippen LogP contribution in [0.2, 0.25) is 5.54 Å². The largest absolute Gasteiger partial charge is 0.505 e. The molecule has 0 radical (unpaired) electrons. The van der Waals surface area contributed by atoms with E-state index in [9.17, 15) is 0 Å². The van der Waals surface area contributed by atoms with Crippen molar-refractivity contribution in [1.29, 1.82) is 0 Å². The normalized spacial score (nSPS) is 19.5. The summed E-state index contributed by atoms with van der Waals surface area (Å²) in [4.78, 5) is 0. The molecule has 0 aliphatic heterocycles. The third-order valence-electron chi connectivity index (χ3n) is 3.45. The van der Waals surface area contributed by atoms with Gasteiger partial charge >= 0.3 is 8.80 Å². The van der Waals surface area contributed by atoms with E-state index in [0.717, 1.165) is 12.8 Å². The Kier molecular flexibility index (Phi) is 6.33. The van der Waals surface area contributed by atoms with Crippen molar-refractivity contribution in [2.75, 3.05) is 0 Å². The third kappa shape index (κ3) is 7.11. The Morgan fingerprint density at radius 2 is 0.909 bits per heavy atom. The lowest BCUT2D eigenvalue weighted by Crippen LogP contribution is -2.60. The topological polar surface area (TPSA) is 27.7 Å². The fourth-order valence-corrected chi connectivity index (χ4v) is 7.35. The third-order valence-corrected chi connectivity index (χ3v) is 7.72. The molecule has 0 aromatic heterocycles. The van der Waals surface area contributed by atoms with Crippen LogP contribution in [0.4, 0.5) is 0 Å². The zero-order chi connectivity index (χ0) is 17.2. The Balaban J connectivity index is 3.20. The molecule has 0 aromatic carbocycles. The molecule has 0 saturated heterocycles. The highest BCUT2D eigenvalue weighted by Crippen LogP contribution is 2.44. The van der Waals surface area contributed by atoms with Crippen molar-refractivity contribution in [3.63, 3.8) is 0 Å². The van der Waals surface area contributed by atoms with Gasteiger partial charge < -0.3 is 13.3 Å². The van der Waals surface area contributed by atoms with Gasteiger partial charge in [-0.05, 0) is 75.2 Å². The van der Waals surface area contributed by atoms with Crippen LogP contribution in [0.5, 0.6) is 0 Å². The van der Waals surface area contributed by atoms with E-state index < -0.39 is 8.80 Å². The average Bonchev–Trinajstić information content (AvgIpc) is 2.22. The minimum atomic E-state index is -2.80. The van der Waals surface area contributed by atoms with Crippen LogP contribution in [0.15, 0.2) is 0 Å². The summed E-state index contributed by atoms with van der Waals surface area (Å²) in [7, 11) is -2.80. The van der Waals surface area contributed by atoms with Crippen LogP contribution in [0.1, 0.15) is 94.4 Å². The molecule has 0 N–H and O–H groups in total. The molecule has 0 atom stereocenters. The van der Waals surface area contributed by atoms with Crippen LogP contribution in [0.25, 0.3) is 0 Å². The smallest absolute Gasteiger partial charge is 0.368 e. The SMILES string of the molecule is CC(C)(C)O[Si](OC(C)(C)C)(OC(C)(C)C)C1CCCCC1. The van der Waals surface area contributed by atoms with Gasteiger partial charge in [0, 0.05) is 5.54 Å². The lowest BCUT2D eigenvalue weighted by atomic mass is 10.0. The molecular formula is C18H38O3Si. The van der Waals surface area contributed by atoms with Gasteiger partial charge in [-0.25, -0.2) is 0 Å². The molecule has 0 amide bonds.